The van der Waals surface area contributed by atoms with Crippen molar-refractivity contribution in [3.8, 4) is 90.8 Å². The average Bonchev–Trinajstić information content (AvgIpc) is 1.56. The first-order valence-corrected chi connectivity index (χ1v) is 36.0. The zero-order chi connectivity index (χ0) is 70.9. The van der Waals surface area contributed by atoms with Crippen LogP contribution in [0.5, 0.6) is 0 Å². The Balaban J connectivity index is 0.000000135. The number of aromatic nitrogens is 8. The molecule has 0 aliphatic rings. The van der Waals surface area contributed by atoms with Gasteiger partial charge in [-0.25, -0.2) is 29.9 Å². The summed E-state index contributed by atoms with van der Waals surface area (Å²) in [6.07, 6.45) is 0. The lowest BCUT2D eigenvalue weighted by Crippen LogP contribution is -2.00. The molecule has 12 heteroatoms. The van der Waals surface area contributed by atoms with Crippen LogP contribution in [-0.2, 0) is 0 Å². The van der Waals surface area contributed by atoms with Crippen LogP contribution in [0.25, 0.3) is 222 Å². The van der Waals surface area contributed by atoms with Crippen LogP contribution in [0.1, 0.15) is 0 Å². The van der Waals surface area contributed by atoms with Crippen LogP contribution >= 0.6 is 0 Å². The average molecular weight is 1390 g/mol. The van der Waals surface area contributed by atoms with E-state index in [-0.39, 0.29) is 0 Å². The van der Waals surface area contributed by atoms with E-state index in [4.69, 9.17) is 47.6 Å². The molecule has 8 aromatic heterocycles. The van der Waals surface area contributed by atoms with Gasteiger partial charge < -0.3 is 26.8 Å². The summed E-state index contributed by atoms with van der Waals surface area (Å²) in [4.78, 5) is 30.5. The fraction of sp³-hybridized carbons (Fsp3) is 0. The third kappa shape index (κ3) is 9.85. The molecule has 8 heterocycles. The Bertz CT molecular complexity index is 7540. The molecule has 0 spiro atoms. The fourth-order valence-electron chi connectivity index (χ4n) is 15.9. The Morgan fingerprint density at radius 3 is 1.10 bits per heavy atom. The van der Waals surface area contributed by atoms with Crippen LogP contribution in [0.2, 0.25) is 0 Å². The Hall–Kier alpha value is -14.9. The van der Waals surface area contributed by atoms with Crippen molar-refractivity contribution in [1.82, 2.24) is 39.0 Å². The molecule has 0 saturated heterocycles. The highest BCUT2D eigenvalue weighted by Gasteiger charge is 2.25. The van der Waals surface area contributed by atoms with Gasteiger partial charge in [-0.1, -0.05) is 218 Å². The molecule has 23 aromatic rings. The minimum Gasteiger partial charge on any atom is -0.456 e. The zero-order valence-electron chi connectivity index (χ0n) is 57.5. The van der Waals surface area contributed by atoms with Gasteiger partial charge in [0.25, 0.3) is 0 Å². The lowest BCUT2D eigenvalue weighted by molar-refractivity contribution is 0.668. The summed E-state index contributed by atoms with van der Waals surface area (Å²) in [7, 11) is 0. The van der Waals surface area contributed by atoms with E-state index >= 15 is 0 Å². The van der Waals surface area contributed by atoms with Gasteiger partial charge in [0.15, 0.2) is 34.9 Å². The monoisotopic (exact) mass is 1380 g/mol. The maximum atomic E-state index is 6.87. The molecule has 0 radical (unpaired) electrons. The predicted octanol–water partition coefficient (Wildman–Crippen LogP) is 25.2. The topological polar surface area (TPSA) is 140 Å². The Labute approximate surface area is 615 Å². The SMILES string of the molecule is c1ccc(-c2ccc(-c3nc(-c4ccc5c(c4)oc4c5ccc5c4c4ccccc4n5-c4ccccc4)nc(-c4cccc5oc6ccccc6c45)n3)cc2)cc1.c1ccc(-c2nc(-c3ccc4c(c3)oc3c4ccc4c3c3ccccc3n4-c3ccccc3)nc(-c3ccc4oc5ccccc5c4c3)n2)cc1. The lowest BCUT2D eigenvalue weighted by Gasteiger charge is -2.10. The summed E-state index contributed by atoms with van der Waals surface area (Å²) in [5.74, 6) is 3.47. The van der Waals surface area contributed by atoms with Gasteiger partial charge in [0.2, 0.25) is 0 Å². The minimum absolute atomic E-state index is 0.556. The number of para-hydroxylation sites is 6. The van der Waals surface area contributed by atoms with Crippen LogP contribution < -0.4 is 0 Å². The minimum atomic E-state index is 0.556. The van der Waals surface area contributed by atoms with Crippen LogP contribution in [0.4, 0.5) is 0 Å². The number of furan rings is 4. The van der Waals surface area contributed by atoms with Crippen LogP contribution in [-0.4, -0.2) is 39.0 Å². The van der Waals surface area contributed by atoms with Gasteiger partial charge in [0.05, 0.1) is 32.8 Å². The molecule has 0 fully saturated rings. The molecule has 108 heavy (non-hydrogen) atoms. The van der Waals surface area contributed by atoms with Gasteiger partial charge in [-0.05, 0) is 132 Å². The Kier molecular flexibility index (Phi) is 13.7. The van der Waals surface area contributed by atoms with Crippen molar-refractivity contribution in [3.05, 3.63) is 340 Å². The first-order valence-electron chi connectivity index (χ1n) is 36.0. The summed E-state index contributed by atoms with van der Waals surface area (Å²) in [6, 6.07) is 116. The molecule has 0 aliphatic heterocycles. The van der Waals surface area contributed by atoms with E-state index in [0.29, 0.717) is 34.9 Å². The highest BCUT2D eigenvalue weighted by Crippen LogP contribution is 2.45. The van der Waals surface area contributed by atoms with Crippen molar-refractivity contribution < 1.29 is 17.7 Å². The number of nitrogens with zero attached hydrogens (tertiary/aromatic N) is 8. The molecular formula is C96H56N8O4. The van der Waals surface area contributed by atoms with E-state index in [9.17, 15) is 0 Å². The normalized spacial score (nSPS) is 11.9. The van der Waals surface area contributed by atoms with Crippen molar-refractivity contribution in [1.29, 1.82) is 0 Å². The summed E-state index contributed by atoms with van der Waals surface area (Å²) in [6.45, 7) is 0. The van der Waals surface area contributed by atoms with E-state index < -0.39 is 0 Å². The summed E-state index contributed by atoms with van der Waals surface area (Å²) in [5, 5.41) is 12.8. The van der Waals surface area contributed by atoms with Crippen molar-refractivity contribution >= 4 is 131 Å². The largest absolute Gasteiger partial charge is 0.456 e. The number of hydrogen-bond acceptors (Lipinski definition) is 10. The quantitative estimate of drug-likeness (QED) is 0.137. The van der Waals surface area contributed by atoms with E-state index in [0.717, 1.165) is 187 Å². The second-order valence-electron chi connectivity index (χ2n) is 27.2. The van der Waals surface area contributed by atoms with Crippen molar-refractivity contribution in [2.75, 3.05) is 0 Å². The second kappa shape index (κ2) is 24.4. The first-order chi connectivity index (χ1) is 53.5. The molecule has 0 N–H and O–H groups in total. The number of fused-ring (bicyclic) bond motifs is 20. The van der Waals surface area contributed by atoms with Gasteiger partial charge in [-0.2, -0.15) is 0 Å². The van der Waals surface area contributed by atoms with Crippen LogP contribution in [0, 0.1) is 0 Å². The molecule has 23 rings (SSSR count). The summed E-state index contributed by atoms with van der Waals surface area (Å²) < 4.78 is 30.7. The molecule has 0 atom stereocenters. The molecule has 0 saturated carbocycles. The third-order valence-corrected chi connectivity index (χ3v) is 20.9. The molecule has 0 bridgehead atoms. The van der Waals surface area contributed by atoms with Crippen LogP contribution in [0.15, 0.2) is 357 Å². The molecule has 12 nitrogen and oxygen atoms in total. The van der Waals surface area contributed by atoms with E-state index in [2.05, 4.69) is 240 Å². The van der Waals surface area contributed by atoms with Gasteiger partial charge in [-0.15, -0.1) is 0 Å². The van der Waals surface area contributed by atoms with Gasteiger partial charge >= 0.3 is 0 Å². The van der Waals surface area contributed by atoms with E-state index in [1.54, 1.807) is 0 Å². The lowest BCUT2D eigenvalue weighted by atomic mass is 10.0. The molecule has 0 unspecified atom stereocenters. The summed E-state index contributed by atoms with van der Waals surface area (Å²) in [5.41, 5.74) is 20.8. The zero-order valence-corrected chi connectivity index (χ0v) is 57.5. The molecule has 0 amide bonds. The predicted molar refractivity (Wildman–Crippen MR) is 435 cm³/mol. The molecule has 0 aliphatic carbocycles. The highest BCUT2D eigenvalue weighted by atomic mass is 16.3. The maximum absolute atomic E-state index is 6.87. The number of rotatable bonds is 9. The first kappa shape index (κ1) is 60.7. The second-order valence-corrected chi connectivity index (χ2v) is 27.2. The fourth-order valence-corrected chi connectivity index (χ4v) is 15.9. The highest BCUT2D eigenvalue weighted by molar-refractivity contribution is 6.26. The van der Waals surface area contributed by atoms with Crippen molar-refractivity contribution in [2.24, 2.45) is 0 Å². The van der Waals surface area contributed by atoms with E-state index in [1.807, 2.05) is 109 Å². The molecule has 15 aromatic carbocycles. The Morgan fingerprint density at radius 1 is 0.185 bits per heavy atom. The van der Waals surface area contributed by atoms with Gasteiger partial charge in [0.1, 0.15) is 44.7 Å². The Morgan fingerprint density at radius 2 is 0.546 bits per heavy atom. The third-order valence-electron chi connectivity index (χ3n) is 20.9. The molecular weight excluding hydrogens is 1330 g/mol. The summed E-state index contributed by atoms with van der Waals surface area (Å²) >= 11 is 0. The maximum Gasteiger partial charge on any atom is 0.164 e. The molecule has 504 valence electrons. The van der Waals surface area contributed by atoms with Crippen LogP contribution in [0.3, 0.4) is 0 Å². The van der Waals surface area contributed by atoms with Gasteiger partial charge in [-0.3, -0.25) is 0 Å². The number of benzene rings is 15. The van der Waals surface area contributed by atoms with Crippen molar-refractivity contribution in [3.63, 3.8) is 0 Å². The standard InChI is InChI=1S/C51H30N4O2.C45H26N4O2/c1-3-12-31(13-4-1)32-22-24-33(25-23-32)49-52-50(54-51(53-49)40-18-11-21-44-46(40)39-17-8-10-20-43(39)56-44)34-26-27-36-37-28-29-42-47(48(37)57-45(36)30-34)38-16-7-9-19-41(38)55(42)35-14-5-2-6-15-35;1-3-11-27(12-4-1)43-46-44(28-20-24-39-35(25-28)31-15-8-10-18-38(31)50-39)48-45(47-43)29-19-21-32-33-22-23-37-41(42(33)51-40(32)26-29)34-16-7-9-17-36(34)49(37)30-13-5-2-6-14-30/h1-30H;1-26H. The smallest absolute Gasteiger partial charge is 0.164 e. The van der Waals surface area contributed by atoms with Gasteiger partial charge in [0, 0.05) is 98.6 Å². The van der Waals surface area contributed by atoms with Crippen molar-refractivity contribution in [2.45, 2.75) is 0 Å². The number of hydrogen-bond donors (Lipinski definition) is 0. The van der Waals surface area contributed by atoms with E-state index in [1.165, 1.54) is 0 Å².